The summed E-state index contributed by atoms with van der Waals surface area (Å²) in [6, 6.07) is 6.24. The largest absolute Gasteiger partial charge is 0.493 e. The molecule has 0 spiro atoms. The highest BCUT2D eigenvalue weighted by atomic mass is 16.5. The fourth-order valence-electron chi connectivity index (χ4n) is 3.36. The van der Waals surface area contributed by atoms with Crippen molar-refractivity contribution in [2.75, 3.05) is 34.0 Å². The molecule has 0 saturated carbocycles. The molecule has 0 heterocycles. The van der Waals surface area contributed by atoms with E-state index >= 15 is 0 Å². The van der Waals surface area contributed by atoms with Crippen molar-refractivity contribution in [2.45, 2.75) is 71.6 Å². The molecule has 0 radical (unpaired) electrons. The van der Waals surface area contributed by atoms with Gasteiger partial charge in [0.15, 0.2) is 11.5 Å². The third kappa shape index (κ3) is 9.65. The van der Waals surface area contributed by atoms with Crippen molar-refractivity contribution in [2.24, 2.45) is 17.6 Å². The van der Waals surface area contributed by atoms with Gasteiger partial charge in [0.25, 0.3) is 0 Å². The third-order valence-corrected chi connectivity index (χ3v) is 5.78. The van der Waals surface area contributed by atoms with Crippen molar-refractivity contribution >= 4 is 0 Å². The van der Waals surface area contributed by atoms with Gasteiger partial charge in [0.05, 0.1) is 19.8 Å². The van der Waals surface area contributed by atoms with Crippen LogP contribution in [0, 0.1) is 11.8 Å². The Bertz CT molecular complexity index is 582. The fourth-order valence-corrected chi connectivity index (χ4v) is 3.36. The summed E-state index contributed by atoms with van der Waals surface area (Å²) in [7, 11) is 3.34. The molecule has 0 unspecified atom stereocenters. The average molecular weight is 425 g/mol. The predicted octanol–water partition coefficient (Wildman–Crippen LogP) is 3.39. The number of hydrogen-bond donors (Lipinski definition) is 3. The molecule has 0 aliphatic rings. The minimum atomic E-state index is -0.546. The number of benzene rings is 1. The minimum Gasteiger partial charge on any atom is -0.493 e. The first kappa shape index (κ1) is 26.7. The Morgan fingerprint density at radius 3 is 2.43 bits per heavy atom. The normalized spacial score (nSPS) is 15.6. The van der Waals surface area contributed by atoms with Crippen LogP contribution in [0.25, 0.3) is 0 Å². The molecule has 174 valence electrons. The first-order valence-corrected chi connectivity index (χ1v) is 11.3. The van der Waals surface area contributed by atoms with Gasteiger partial charge in [0.2, 0.25) is 0 Å². The zero-order valence-electron chi connectivity index (χ0n) is 19.8. The Morgan fingerprint density at radius 1 is 1.10 bits per heavy atom. The third-order valence-electron chi connectivity index (χ3n) is 5.78. The van der Waals surface area contributed by atoms with Gasteiger partial charge in [-0.3, -0.25) is 0 Å². The second kappa shape index (κ2) is 14.6. The molecular weight excluding hydrogens is 380 g/mol. The maximum Gasteiger partial charge on any atom is 0.161 e. The van der Waals surface area contributed by atoms with E-state index in [4.69, 9.17) is 19.9 Å². The van der Waals surface area contributed by atoms with Crippen LogP contribution in [-0.2, 0) is 11.2 Å². The molecule has 0 amide bonds. The Morgan fingerprint density at radius 2 is 1.83 bits per heavy atom. The van der Waals surface area contributed by atoms with Gasteiger partial charge in [0.1, 0.15) is 0 Å². The van der Waals surface area contributed by atoms with Gasteiger partial charge in [-0.25, -0.2) is 0 Å². The van der Waals surface area contributed by atoms with Crippen LogP contribution in [0.1, 0.15) is 52.5 Å². The van der Waals surface area contributed by atoms with E-state index in [1.165, 1.54) is 5.56 Å². The summed E-state index contributed by atoms with van der Waals surface area (Å²) in [5.41, 5.74) is 7.55. The summed E-state index contributed by atoms with van der Waals surface area (Å²) < 4.78 is 16.4. The standard InChI is InChI=1S/C24H44N2O4/c1-7-18(4)26-16-22(27)21(25)15-20(17(2)3)13-19-9-10-23(29-6)24(14-19)30-12-8-11-28-5/h9-10,14,17-18,20-22,26-27H,7-8,11-13,15-16,25H2,1-6H3/t18-,20+,21+,22+/m1/s1. The van der Waals surface area contributed by atoms with Crippen molar-refractivity contribution in [1.82, 2.24) is 5.32 Å². The molecule has 4 atom stereocenters. The van der Waals surface area contributed by atoms with Crippen LogP contribution in [0.2, 0.25) is 0 Å². The Hall–Kier alpha value is -1.34. The number of methoxy groups -OCH3 is 2. The van der Waals surface area contributed by atoms with Gasteiger partial charge >= 0.3 is 0 Å². The molecule has 0 bridgehead atoms. The second-order valence-electron chi connectivity index (χ2n) is 8.57. The SMILES string of the molecule is CC[C@@H](C)NC[C@H](O)[C@@H](N)C[C@H](Cc1ccc(OC)c(OCCCOC)c1)C(C)C. The maximum atomic E-state index is 10.5. The molecule has 0 aliphatic carbocycles. The fraction of sp³-hybridized carbons (Fsp3) is 0.750. The average Bonchev–Trinajstić information content (AvgIpc) is 2.74. The summed E-state index contributed by atoms with van der Waals surface area (Å²) in [6.45, 7) is 10.5. The maximum absolute atomic E-state index is 10.5. The highest BCUT2D eigenvalue weighted by Gasteiger charge is 2.23. The molecule has 0 aromatic heterocycles. The highest BCUT2D eigenvalue weighted by molar-refractivity contribution is 5.43. The molecule has 1 aromatic rings. The van der Waals surface area contributed by atoms with Crippen LogP contribution in [0.4, 0.5) is 0 Å². The Kier molecular flexibility index (Phi) is 13.0. The van der Waals surface area contributed by atoms with E-state index in [0.29, 0.717) is 37.6 Å². The Balaban J connectivity index is 2.75. The number of nitrogens with one attached hydrogen (secondary N) is 1. The van der Waals surface area contributed by atoms with Crippen LogP contribution < -0.4 is 20.5 Å². The Labute approximate surface area is 183 Å². The predicted molar refractivity (Wildman–Crippen MR) is 123 cm³/mol. The van der Waals surface area contributed by atoms with Gasteiger partial charge in [-0.15, -0.1) is 0 Å². The second-order valence-corrected chi connectivity index (χ2v) is 8.57. The van der Waals surface area contributed by atoms with E-state index in [1.807, 2.05) is 6.07 Å². The quantitative estimate of drug-likeness (QED) is 0.353. The molecule has 30 heavy (non-hydrogen) atoms. The van der Waals surface area contributed by atoms with Crippen LogP contribution in [0.15, 0.2) is 18.2 Å². The van der Waals surface area contributed by atoms with Crippen molar-refractivity contribution in [3.05, 3.63) is 23.8 Å². The summed E-state index contributed by atoms with van der Waals surface area (Å²) in [5, 5.41) is 13.8. The van der Waals surface area contributed by atoms with Gasteiger partial charge in [-0.2, -0.15) is 0 Å². The topological polar surface area (TPSA) is 86.0 Å². The van der Waals surface area contributed by atoms with E-state index in [0.717, 1.165) is 37.2 Å². The van der Waals surface area contributed by atoms with E-state index in [1.54, 1.807) is 14.2 Å². The lowest BCUT2D eigenvalue weighted by Crippen LogP contribution is -2.45. The van der Waals surface area contributed by atoms with Crippen LogP contribution in [-0.4, -0.2) is 57.3 Å². The lowest BCUT2D eigenvalue weighted by atomic mass is 9.83. The number of aliphatic hydroxyl groups is 1. The number of aliphatic hydroxyl groups excluding tert-OH is 1. The molecule has 0 fully saturated rings. The summed E-state index contributed by atoms with van der Waals surface area (Å²) in [5.74, 6) is 2.32. The van der Waals surface area contributed by atoms with Gasteiger partial charge in [-0.1, -0.05) is 26.8 Å². The number of rotatable bonds is 16. The van der Waals surface area contributed by atoms with Gasteiger partial charge in [0, 0.05) is 38.8 Å². The first-order chi connectivity index (χ1) is 14.3. The smallest absolute Gasteiger partial charge is 0.161 e. The zero-order chi connectivity index (χ0) is 22.5. The summed E-state index contributed by atoms with van der Waals surface area (Å²) in [4.78, 5) is 0. The van der Waals surface area contributed by atoms with Crippen LogP contribution >= 0.6 is 0 Å². The first-order valence-electron chi connectivity index (χ1n) is 11.3. The van der Waals surface area contributed by atoms with Gasteiger partial charge < -0.3 is 30.4 Å². The number of ether oxygens (including phenoxy) is 3. The van der Waals surface area contributed by atoms with E-state index in [-0.39, 0.29) is 6.04 Å². The number of hydrogen-bond acceptors (Lipinski definition) is 6. The van der Waals surface area contributed by atoms with Crippen LogP contribution in [0.3, 0.4) is 0 Å². The van der Waals surface area contributed by atoms with Crippen molar-refractivity contribution in [1.29, 1.82) is 0 Å². The molecule has 1 rings (SSSR count). The van der Waals surface area contributed by atoms with Crippen LogP contribution in [0.5, 0.6) is 11.5 Å². The highest BCUT2D eigenvalue weighted by Crippen LogP contribution is 2.31. The van der Waals surface area contributed by atoms with Crippen molar-refractivity contribution < 1.29 is 19.3 Å². The van der Waals surface area contributed by atoms with Crippen molar-refractivity contribution in [3.8, 4) is 11.5 Å². The molecule has 6 heteroatoms. The lowest BCUT2D eigenvalue weighted by Gasteiger charge is -2.28. The molecular formula is C24H44N2O4. The van der Waals surface area contributed by atoms with E-state index < -0.39 is 6.10 Å². The minimum absolute atomic E-state index is 0.253. The molecule has 4 N–H and O–H groups in total. The molecule has 1 aromatic carbocycles. The lowest BCUT2D eigenvalue weighted by molar-refractivity contribution is 0.121. The summed E-state index contributed by atoms with van der Waals surface area (Å²) >= 11 is 0. The summed E-state index contributed by atoms with van der Waals surface area (Å²) in [6.07, 6.45) is 2.97. The molecule has 0 aliphatic heterocycles. The number of nitrogens with two attached hydrogens (primary N) is 1. The van der Waals surface area contributed by atoms with Crippen molar-refractivity contribution in [3.63, 3.8) is 0 Å². The monoisotopic (exact) mass is 424 g/mol. The van der Waals surface area contributed by atoms with Gasteiger partial charge in [-0.05, 0) is 55.7 Å². The zero-order valence-corrected chi connectivity index (χ0v) is 19.8. The molecule has 0 saturated heterocycles. The van der Waals surface area contributed by atoms with E-state index in [9.17, 15) is 5.11 Å². The van der Waals surface area contributed by atoms with E-state index in [2.05, 4.69) is 45.1 Å². The molecule has 6 nitrogen and oxygen atoms in total.